The van der Waals surface area contributed by atoms with Gasteiger partial charge in [-0.25, -0.2) is 0 Å². The van der Waals surface area contributed by atoms with Gasteiger partial charge in [0.1, 0.15) is 0 Å². The van der Waals surface area contributed by atoms with Gasteiger partial charge in [0.05, 0.1) is 25.0 Å². The summed E-state index contributed by atoms with van der Waals surface area (Å²) in [5.74, 6) is 1.60. The van der Waals surface area contributed by atoms with Crippen LogP contribution < -0.4 is 15.0 Å². The topological polar surface area (TPSA) is 39.7 Å². The molecule has 0 bridgehead atoms. The molecule has 1 aromatic carbocycles. The minimum Gasteiger partial charge on any atom is -0.493 e. The lowest BCUT2D eigenvalue weighted by Crippen LogP contribution is -2.14. The molecule has 0 saturated heterocycles. The van der Waals surface area contributed by atoms with Crippen molar-refractivity contribution in [2.75, 3.05) is 12.6 Å². The molecule has 4 heteroatoms. The van der Waals surface area contributed by atoms with Crippen molar-refractivity contribution >= 4 is 5.69 Å². The largest absolute Gasteiger partial charge is 0.493 e. The molecule has 2 aliphatic carbocycles. The summed E-state index contributed by atoms with van der Waals surface area (Å²) in [4.78, 5) is 5.74. The zero-order valence-corrected chi connectivity index (χ0v) is 12.8. The molecule has 0 aromatic heterocycles. The fraction of sp³-hybridized carbons (Fsp3) is 0.647. The predicted molar refractivity (Wildman–Crippen MR) is 82.8 cm³/mol. The van der Waals surface area contributed by atoms with Gasteiger partial charge in [-0.2, -0.15) is 0 Å². The molecule has 0 radical (unpaired) electrons. The SMILES string of the molecule is COc1ccc(NOC2CCCC2)cc1OC1CCCC1. The third-order valence-electron chi connectivity index (χ3n) is 4.41. The smallest absolute Gasteiger partial charge is 0.163 e. The highest BCUT2D eigenvalue weighted by Crippen LogP contribution is 2.34. The summed E-state index contributed by atoms with van der Waals surface area (Å²) in [5, 5.41) is 0. The molecule has 4 nitrogen and oxygen atoms in total. The van der Waals surface area contributed by atoms with Crippen molar-refractivity contribution in [3.8, 4) is 11.5 Å². The fourth-order valence-electron chi connectivity index (χ4n) is 3.18. The highest BCUT2D eigenvalue weighted by Gasteiger charge is 2.19. The van der Waals surface area contributed by atoms with Gasteiger partial charge in [-0.1, -0.05) is 12.8 Å². The molecule has 1 N–H and O–H groups in total. The molecule has 2 fully saturated rings. The first-order valence-electron chi connectivity index (χ1n) is 8.11. The second kappa shape index (κ2) is 7.03. The maximum Gasteiger partial charge on any atom is 0.163 e. The lowest BCUT2D eigenvalue weighted by Gasteiger charge is -2.18. The van der Waals surface area contributed by atoms with Crippen LogP contribution in [0.2, 0.25) is 0 Å². The van der Waals surface area contributed by atoms with E-state index in [1.807, 2.05) is 18.2 Å². The minimum atomic E-state index is 0.324. The van der Waals surface area contributed by atoms with Crippen LogP contribution in [-0.2, 0) is 4.84 Å². The molecule has 0 aliphatic heterocycles. The second-order valence-corrected chi connectivity index (χ2v) is 6.02. The summed E-state index contributed by atoms with van der Waals surface area (Å²) in [6.07, 6.45) is 10.3. The van der Waals surface area contributed by atoms with Gasteiger partial charge in [0.15, 0.2) is 11.5 Å². The van der Waals surface area contributed by atoms with Gasteiger partial charge in [0, 0.05) is 6.07 Å². The Morgan fingerprint density at radius 1 is 0.905 bits per heavy atom. The summed E-state index contributed by atoms with van der Waals surface area (Å²) in [5.41, 5.74) is 3.99. The highest BCUT2D eigenvalue weighted by molar-refractivity contribution is 5.53. The van der Waals surface area contributed by atoms with Gasteiger partial charge >= 0.3 is 0 Å². The molecule has 0 spiro atoms. The number of rotatable bonds is 6. The molecule has 2 saturated carbocycles. The van der Waals surface area contributed by atoms with Gasteiger partial charge in [-0.15, -0.1) is 0 Å². The zero-order valence-electron chi connectivity index (χ0n) is 12.8. The Morgan fingerprint density at radius 2 is 1.57 bits per heavy atom. The monoisotopic (exact) mass is 291 g/mol. The van der Waals surface area contributed by atoms with Gasteiger partial charge in [-0.05, 0) is 50.7 Å². The molecule has 21 heavy (non-hydrogen) atoms. The number of hydrogen-bond acceptors (Lipinski definition) is 4. The maximum atomic E-state index is 6.09. The summed E-state index contributed by atoms with van der Waals surface area (Å²) < 4.78 is 11.5. The average molecular weight is 291 g/mol. The Balaban J connectivity index is 1.63. The molecular weight excluding hydrogens is 266 g/mol. The van der Waals surface area contributed by atoms with Crippen LogP contribution in [0.4, 0.5) is 5.69 Å². The molecule has 2 aliphatic rings. The van der Waals surface area contributed by atoms with Gasteiger partial charge in [0.2, 0.25) is 0 Å². The molecule has 0 atom stereocenters. The van der Waals surface area contributed by atoms with Gasteiger partial charge < -0.3 is 9.47 Å². The van der Waals surface area contributed by atoms with Crippen LogP contribution in [0, 0.1) is 0 Å². The number of hydrogen-bond donors (Lipinski definition) is 1. The van der Waals surface area contributed by atoms with E-state index in [0.717, 1.165) is 42.9 Å². The van der Waals surface area contributed by atoms with E-state index in [1.54, 1.807) is 7.11 Å². The van der Waals surface area contributed by atoms with Gasteiger partial charge in [-0.3, -0.25) is 10.3 Å². The van der Waals surface area contributed by atoms with Crippen molar-refractivity contribution in [3.63, 3.8) is 0 Å². The van der Waals surface area contributed by atoms with E-state index in [1.165, 1.54) is 25.7 Å². The third-order valence-corrected chi connectivity index (χ3v) is 4.41. The summed E-state index contributed by atoms with van der Waals surface area (Å²) in [6, 6.07) is 5.88. The van der Waals surface area contributed by atoms with Crippen LogP contribution in [-0.4, -0.2) is 19.3 Å². The van der Waals surface area contributed by atoms with E-state index in [2.05, 4.69) is 5.48 Å². The Hall–Kier alpha value is -1.42. The molecule has 3 rings (SSSR count). The first-order chi connectivity index (χ1) is 10.3. The number of nitrogens with one attached hydrogen (secondary N) is 1. The molecule has 0 heterocycles. The lowest BCUT2D eigenvalue weighted by atomic mass is 10.2. The number of anilines is 1. The van der Waals surface area contributed by atoms with Gasteiger partial charge in [0.25, 0.3) is 0 Å². The van der Waals surface area contributed by atoms with Crippen molar-refractivity contribution in [2.45, 2.75) is 63.6 Å². The quantitative estimate of drug-likeness (QED) is 0.793. The van der Waals surface area contributed by atoms with Crippen molar-refractivity contribution in [1.29, 1.82) is 0 Å². The minimum absolute atomic E-state index is 0.324. The van der Waals surface area contributed by atoms with Crippen LogP contribution in [0.15, 0.2) is 18.2 Å². The summed E-state index contributed by atoms with van der Waals surface area (Å²) in [6.45, 7) is 0. The van der Waals surface area contributed by atoms with Crippen molar-refractivity contribution in [2.24, 2.45) is 0 Å². The van der Waals surface area contributed by atoms with Crippen LogP contribution in [0.1, 0.15) is 51.4 Å². The van der Waals surface area contributed by atoms with Crippen LogP contribution >= 0.6 is 0 Å². The average Bonchev–Trinajstić information content (AvgIpc) is 3.18. The van der Waals surface area contributed by atoms with Crippen LogP contribution in [0.25, 0.3) is 0 Å². The third kappa shape index (κ3) is 3.82. The van der Waals surface area contributed by atoms with E-state index < -0.39 is 0 Å². The molecular formula is C17H25NO3. The van der Waals surface area contributed by atoms with Crippen LogP contribution in [0.3, 0.4) is 0 Å². The molecule has 1 aromatic rings. The Labute approximate surface area is 126 Å². The normalized spacial score (nSPS) is 19.9. The first-order valence-corrected chi connectivity index (χ1v) is 8.11. The molecule has 116 valence electrons. The Morgan fingerprint density at radius 3 is 2.24 bits per heavy atom. The van der Waals surface area contributed by atoms with Crippen LogP contribution in [0.5, 0.6) is 11.5 Å². The van der Waals surface area contributed by atoms with Crippen molar-refractivity contribution in [1.82, 2.24) is 0 Å². The second-order valence-electron chi connectivity index (χ2n) is 6.02. The van der Waals surface area contributed by atoms with E-state index in [9.17, 15) is 0 Å². The standard InChI is InChI=1S/C17H25NO3/c1-19-16-11-10-13(18-21-15-8-4-5-9-15)12-17(16)20-14-6-2-3-7-14/h10-12,14-15,18H,2-9H2,1H3. The fourth-order valence-corrected chi connectivity index (χ4v) is 3.18. The van der Waals surface area contributed by atoms with Crippen molar-refractivity contribution in [3.05, 3.63) is 18.2 Å². The molecule has 0 amide bonds. The Kier molecular flexibility index (Phi) is 4.86. The maximum absolute atomic E-state index is 6.09. The Bertz CT molecular complexity index is 451. The van der Waals surface area contributed by atoms with E-state index in [0.29, 0.717) is 12.2 Å². The first kappa shape index (κ1) is 14.5. The molecule has 0 unspecified atom stereocenters. The van der Waals surface area contributed by atoms with Crippen molar-refractivity contribution < 1.29 is 14.3 Å². The summed E-state index contributed by atoms with van der Waals surface area (Å²) >= 11 is 0. The summed E-state index contributed by atoms with van der Waals surface area (Å²) in [7, 11) is 1.68. The predicted octanol–water partition coefficient (Wildman–Crippen LogP) is 4.30. The zero-order chi connectivity index (χ0) is 14.5. The number of methoxy groups -OCH3 is 1. The van der Waals surface area contributed by atoms with E-state index >= 15 is 0 Å². The van der Waals surface area contributed by atoms with E-state index in [-0.39, 0.29) is 0 Å². The highest BCUT2D eigenvalue weighted by atomic mass is 16.7. The van der Waals surface area contributed by atoms with E-state index in [4.69, 9.17) is 14.3 Å². The lowest BCUT2D eigenvalue weighted by molar-refractivity contribution is 0.106. The number of benzene rings is 1. The number of ether oxygens (including phenoxy) is 2.